The topological polar surface area (TPSA) is 41.3 Å². The molecule has 0 radical (unpaired) electrons. The molecule has 0 aliphatic carbocycles. The van der Waals surface area contributed by atoms with Gasteiger partial charge in [-0.25, -0.2) is 0 Å². The fraction of sp³-hybridized carbons (Fsp3) is 0.692. The third-order valence-electron chi connectivity index (χ3n) is 3.18. The van der Waals surface area contributed by atoms with Gasteiger partial charge in [0, 0.05) is 24.0 Å². The van der Waals surface area contributed by atoms with Gasteiger partial charge in [-0.1, -0.05) is 13.2 Å². The van der Waals surface area contributed by atoms with E-state index in [2.05, 4.69) is 30.3 Å². The maximum atomic E-state index is 5.46. The van der Waals surface area contributed by atoms with Crippen molar-refractivity contribution in [3.63, 3.8) is 0 Å². The Morgan fingerprint density at radius 1 is 1.50 bits per heavy atom. The first kappa shape index (κ1) is 13.1. The van der Waals surface area contributed by atoms with Crippen LogP contribution in [0.15, 0.2) is 24.6 Å². The molecule has 1 saturated heterocycles. The molecule has 1 aliphatic heterocycles. The highest BCUT2D eigenvalue weighted by Crippen LogP contribution is 2.20. The first-order valence-electron chi connectivity index (χ1n) is 6.21. The van der Waals surface area contributed by atoms with E-state index in [9.17, 15) is 0 Å². The lowest BCUT2D eigenvalue weighted by Gasteiger charge is -2.26. The van der Waals surface area contributed by atoms with Crippen LogP contribution in [0.4, 0.5) is 0 Å². The number of allylic oxidation sites excluding steroid dienone is 1. The highest BCUT2D eigenvalue weighted by molar-refractivity contribution is 5.04. The predicted octanol–water partition coefficient (Wildman–Crippen LogP) is 1.83. The molecule has 0 saturated carbocycles. The molecular formula is C13H25N3. The van der Waals surface area contributed by atoms with Crippen LogP contribution < -0.4 is 11.1 Å². The minimum atomic E-state index is 0.645. The second-order valence-corrected chi connectivity index (χ2v) is 4.60. The van der Waals surface area contributed by atoms with Gasteiger partial charge in [-0.2, -0.15) is 0 Å². The fourth-order valence-electron chi connectivity index (χ4n) is 2.14. The van der Waals surface area contributed by atoms with Gasteiger partial charge in [0.25, 0.3) is 0 Å². The van der Waals surface area contributed by atoms with Crippen LogP contribution in [-0.2, 0) is 0 Å². The van der Waals surface area contributed by atoms with E-state index in [1.165, 1.54) is 18.5 Å². The molecule has 3 nitrogen and oxygen atoms in total. The van der Waals surface area contributed by atoms with Crippen molar-refractivity contribution in [1.29, 1.82) is 0 Å². The summed E-state index contributed by atoms with van der Waals surface area (Å²) in [5.74, 6) is 0. The van der Waals surface area contributed by atoms with Crippen molar-refractivity contribution >= 4 is 0 Å². The van der Waals surface area contributed by atoms with E-state index in [0.717, 1.165) is 38.2 Å². The Kier molecular flexibility index (Phi) is 5.39. The molecule has 3 N–H and O–H groups in total. The van der Waals surface area contributed by atoms with Crippen LogP contribution >= 0.6 is 0 Å². The van der Waals surface area contributed by atoms with E-state index >= 15 is 0 Å². The Hall–Kier alpha value is -0.960. The zero-order chi connectivity index (χ0) is 12.0. The van der Waals surface area contributed by atoms with Crippen LogP contribution in [0, 0.1) is 0 Å². The Bertz CT molecular complexity index is 248. The smallest absolute Gasteiger partial charge is 0.0540 e. The van der Waals surface area contributed by atoms with Crippen LogP contribution in [0.2, 0.25) is 0 Å². The number of hydrogen-bond acceptors (Lipinski definition) is 3. The summed E-state index contributed by atoms with van der Waals surface area (Å²) in [5.41, 5.74) is 7.70. The normalized spacial score (nSPS) is 19.9. The molecule has 1 rings (SSSR count). The van der Waals surface area contributed by atoms with Crippen molar-refractivity contribution in [2.45, 2.75) is 38.6 Å². The number of nitrogens with one attached hydrogen (secondary N) is 1. The summed E-state index contributed by atoms with van der Waals surface area (Å²) in [6.45, 7) is 13.1. The molecule has 0 spiro atoms. The van der Waals surface area contributed by atoms with E-state index in [1.54, 1.807) is 0 Å². The van der Waals surface area contributed by atoms with Crippen LogP contribution in [0.3, 0.4) is 0 Å². The van der Waals surface area contributed by atoms with Gasteiger partial charge in [0.2, 0.25) is 0 Å². The largest absolute Gasteiger partial charge is 0.383 e. The predicted molar refractivity (Wildman–Crippen MR) is 70.0 cm³/mol. The molecule has 0 aromatic carbocycles. The lowest BCUT2D eigenvalue weighted by molar-refractivity contribution is 0.332. The van der Waals surface area contributed by atoms with Crippen molar-refractivity contribution in [2.24, 2.45) is 5.73 Å². The molecule has 1 fully saturated rings. The average molecular weight is 223 g/mol. The number of likely N-dealkylation sites (tertiary alicyclic amines) is 1. The van der Waals surface area contributed by atoms with Crippen molar-refractivity contribution < 1.29 is 0 Å². The van der Waals surface area contributed by atoms with Gasteiger partial charge in [-0.05, 0) is 39.2 Å². The second-order valence-electron chi connectivity index (χ2n) is 4.60. The van der Waals surface area contributed by atoms with Gasteiger partial charge in [0.1, 0.15) is 0 Å². The summed E-state index contributed by atoms with van der Waals surface area (Å²) in [4.78, 5) is 2.39. The molecule has 92 valence electrons. The van der Waals surface area contributed by atoms with Crippen molar-refractivity contribution in [2.75, 3.05) is 19.6 Å². The fourth-order valence-corrected chi connectivity index (χ4v) is 2.14. The maximum Gasteiger partial charge on any atom is 0.0540 e. The molecule has 0 aromatic rings. The molecule has 3 heteroatoms. The molecule has 16 heavy (non-hydrogen) atoms. The van der Waals surface area contributed by atoms with Crippen LogP contribution in [0.25, 0.3) is 0 Å². The molecule has 1 heterocycles. The SMILES string of the molecule is C=C(CCCN)NCC(=C)N1CCCC1C. The van der Waals surface area contributed by atoms with Gasteiger partial charge in [-0.3, -0.25) is 0 Å². The van der Waals surface area contributed by atoms with Crippen LogP contribution in [0.5, 0.6) is 0 Å². The zero-order valence-corrected chi connectivity index (χ0v) is 10.5. The minimum absolute atomic E-state index is 0.645. The van der Waals surface area contributed by atoms with E-state index < -0.39 is 0 Å². The van der Waals surface area contributed by atoms with Gasteiger partial charge < -0.3 is 16.0 Å². The number of hydrogen-bond donors (Lipinski definition) is 2. The minimum Gasteiger partial charge on any atom is -0.383 e. The van der Waals surface area contributed by atoms with Gasteiger partial charge in [-0.15, -0.1) is 0 Å². The Morgan fingerprint density at radius 3 is 2.81 bits per heavy atom. The molecule has 0 aromatic heterocycles. The third kappa shape index (κ3) is 3.89. The molecule has 1 unspecified atom stereocenters. The summed E-state index contributed by atoms with van der Waals surface area (Å²) in [6.07, 6.45) is 4.53. The molecule has 1 aliphatic rings. The maximum absolute atomic E-state index is 5.46. The Morgan fingerprint density at radius 2 is 2.25 bits per heavy atom. The first-order valence-corrected chi connectivity index (χ1v) is 6.21. The zero-order valence-electron chi connectivity index (χ0n) is 10.5. The number of nitrogens with two attached hydrogens (primary N) is 1. The molecular weight excluding hydrogens is 198 g/mol. The van der Waals surface area contributed by atoms with Gasteiger partial charge in [0.15, 0.2) is 0 Å². The van der Waals surface area contributed by atoms with Crippen molar-refractivity contribution in [3.05, 3.63) is 24.6 Å². The van der Waals surface area contributed by atoms with Crippen molar-refractivity contribution in [3.8, 4) is 0 Å². The first-order chi connectivity index (χ1) is 7.65. The standard InChI is InChI=1S/C13H25N3/c1-11(6-4-8-14)15-10-13(3)16-9-5-7-12(16)2/h12,15H,1,3-10,14H2,2H3. The lowest BCUT2D eigenvalue weighted by atomic mass is 10.2. The van der Waals surface area contributed by atoms with E-state index in [1.807, 2.05) is 0 Å². The van der Waals surface area contributed by atoms with Gasteiger partial charge >= 0.3 is 0 Å². The molecule has 0 amide bonds. The lowest BCUT2D eigenvalue weighted by Crippen LogP contribution is -2.31. The highest BCUT2D eigenvalue weighted by atomic mass is 15.2. The Balaban J connectivity index is 2.21. The van der Waals surface area contributed by atoms with Crippen LogP contribution in [-0.4, -0.2) is 30.6 Å². The molecule has 0 bridgehead atoms. The van der Waals surface area contributed by atoms with Crippen molar-refractivity contribution in [1.82, 2.24) is 10.2 Å². The highest BCUT2D eigenvalue weighted by Gasteiger charge is 2.20. The number of nitrogens with zero attached hydrogens (tertiary/aromatic N) is 1. The summed E-state index contributed by atoms with van der Waals surface area (Å²) in [7, 11) is 0. The van der Waals surface area contributed by atoms with E-state index in [0.29, 0.717) is 6.04 Å². The van der Waals surface area contributed by atoms with Crippen LogP contribution in [0.1, 0.15) is 32.6 Å². The van der Waals surface area contributed by atoms with Gasteiger partial charge in [0.05, 0.1) is 6.54 Å². The second kappa shape index (κ2) is 6.59. The molecule has 1 atom stereocenters. The summed E-state index contributed by atoms with van der Waals surface area (Å²) in [5, 5.41) is 3.32. The Labute approximate surface area is 99.4 Å². The summed E-state index contributed by atoms with van der Waals surface area (Å²) >= 11 is 0. The summed E-state index contributed by atoms with van der Waals surface area (Å²) in [6, 6.07) is 0.645. The number of rotatable bonds is 7. The quantitative estimate of drug-likeness (QED) is 0.692. The van der Waals surface area contributed by atoms with E-state index in [4.69, 9.17) is 5.73 Å². The summed E-state index contributed by atoms with van der Waals surface area (Å²) < 4.78 is 0. The monoisotopic (exact) mass is 223 g/mol. The average Bonchev–Trinajstić information content (AvgIpc) is 2.69. The van der Waals surface area contributed by atoms with E-state index in [-0.39, 0.29) is 0 Å². The third-order valence-corrected chi connectivity index (χ3v) is 3.18.